The Morgan fingerprint density at radius 3 is 2.76 bits per heavy atom. The topological polar surface area (TPSA) is 35.5 Å². The smallest absolute Gasteiger partial charge is 0.293 e. The van der Waals surface area contributed by atoms with E-state index in [9.17, 15) is 4.79 Å². The molecule has 2 rings (SSSR count). The molecule has 17 heavy (non-hydrogen) atoms. The molecule has 0 fully saturated rings. The molecule has 0 amide bonds. The minimum Gasteiger partial charge on any atom is -0.293 e. The molecule has 88 valence electrons. The molecule has 0 aliphatic rings. The molecule has 0 bridgehead atoms. The third-order valence-corrected chi connectivity index (χ3v) is 4.80. The summed E-state index contributed by atoms with van der Waals surface area (Å²) in [5.41, 5.74) is 0.465. The van der Waals surface area contributed by atoms with Crippen molar-refractivity contribution in [2.24, 2.45) is 0 Å². The highest BCUT2D eigenvalue weighted by Gasteiger charge is 2.10. The van der Waals surface area contributed by atoms with E-state index in [2.05, 4.69) is 48.3 Å². The van der Waals surface area contributed by atoms with Crippen LogP contribution < -0.4 is 0 Å². The average molecular weight is 407 g/mol. The molecule has 0 radical (unpaired) electrons. The van der Waals surface area contributed by atoms with Crippen molar-refractivity contribution >= 4 is 55.3 Å². The lowest BCUT2D eigenvalue weighted by Crippen LogP contribution is -2.03. The van der Waals surface area contributed by atoms with Gasteiger partial charge in [0.1, 0.15) is 0 Å². The number of carbonyl (C=O) groups excluding carboxylic acids is 1. The summed E-state index contributed by atoms with van der Waals surface area (Å²) in [5.74, 6) is -0.496. The maximum absolute atomic E-state index is 11.5. The lowest BCUT2D eigenvalue weighted by Gasteiger charge is -2.05. The Morgan fingerprint density at radius 2 is 2.06 bits per heavy atom. The average Bonchev–Trinajstić information content (AvgIpc) is 2.34. The van der Waals surface area contributed by atoms with Crippen molar-refractivity contribution in [2.75, 3.05) is 7.11 Å². The van der Waals surface area contributed by atoms with Gasteiger partial charge in [-0.1, -0.05) is 12.1 Å². The molecule has 0 N–H and O–H groups in total. The number of hydrogen-bond donors (Lipinski definition) is 0. The van der Waals surface area contributed by atoms with Gasteiger partial charge in [-0.3, -0.25) is 4.89 Å². The first kappa shape index (κ1) is 12.8. The van der Waals surface area contributed by atoms with Crippen LogP contribution in [0.25, 0.3) is 10.8 Å². The molecule has 3 nitrogen and oxygen atoms in total. The summed E-state index contributed by atoms with van der Waals surface area (Å²) in [7, 11) is 1.30. The number of carbonyl (C=O) groups is 1. The first-order valence-corrected chi connectivity index (χ1v) is 6.63. The summed E-state index contributed by atoms with van der Waals surface area (Å²) in [4.78, 5) is 20.3. The third-order valence-electron chi connectivity index (χ3n) is 2.30. The summed E-state index contributed by atoms with van der Waals surface area (Å²) in [5, 5.41) is 2.04. The lowest BCUT2D eigenvalue weighted by molar-refractivity contribution is -0.216. The van der Waals surface area contributed by atoms with E-state index >= 15 is 0 Å². The maximum Gasteiger partial charge on any atom is 0.373 e. The van der Waals surface area contributed by atoms with Gasteiger partial charge in [0.05, 0.1) is 12.7 Å². The monoisotopic (exact) mass is 406 g/mol. The second kappa shape index (κ2) is 5.32. The first-order valence-electron chi connectivity index (χ1n) is 4.76. The molecule has 0 saturated carbocycles. The zero-order chi connectivity index (χ0) is 12.4. The predicted octanol–water partition coefficient (Wildman–Crippen LogP) is 3.93. The Morgan fingerprint density at radius 1 is 1.29 bits per heavy atom. The molecule has 0 atom stereocenters. The largest absolute Gasteiger partial charge is 0.373 e. The fourth-order valence-corrected chi connectivity index (χ4v) is 2.48. The Kier molecular flexibility index (Phi) is 4.01. The Balaban J connectivity index is 2.52. The maximum atomic E-state index is 11.5. The van der Waals surface area contributed by atoms with Gasteiger partial charge in [0.15, 0.2) is 0 Å². The van der Waals surface area contributed by atoms with Crippen LogP contribution in [0.1, 0.15) is 10.4 Å². The van der Waals surface area contributed by atoms with Crippen molar-refractivity contribution in [2.45, 2.75) is 0 Å². The molecule has 0 heterocycles. The van der Waals surface area contributed by atoms with Gasteiger partial charge in [0.25, 0.3) is 0 Å². The highest BCUT2D eigenvalue weighted by atomic mass is 127. The van der Waals surface area contributed by atoms with Crippen LogP contribution in [0.3, 0.4) is 0 Å². The SMILES string of the molecule is COOC(=O)c1ccc2c(Br)c(I)ccc2c1. The van der Waals surface area contributed by atoms with Crippen molar-refractivity contribution in [1.29, 1.82) is 0 Å². The third kappa shape index (κ3) is 2.61. The van der Waals surface area contributed by atoms with Gasteiger partial charge in [0.2, 0.25) is 0 Å². The van der Waals surface area contributed by atoms with E-state index in [-0.39, 0.29) is 0 Å². The minimum absolute atomic E-state index is 0.465. The zero-order valence-corrected chi connectivity index (χ0v) is 12.6. The van der Waals surface area contributed by atoms with E-state index in [4.69, 9.17) is 0 Å². The molecular formula is C12H8BrIO3. The lowest BCUT2D eigenvalue weighted by atomic mass is 10.1. The number of rotatable bonds is 2. The summed E-state index contributed by atoms with van der Waals surface area (Å²) >= 11 is 5.77. The molecule has 5 heteroatoms. The van der Waals surface area contributed by atoms with Gasteiger partial charge in [-0.25, -0.2) is 4.79 Å². The number of fused-ring (bicyclic) bond motifs is 1. The van der Waals surface area contributed by atoms with Crippen LogP contribution in [0.4, 0.5) is 0 Å². The first-order chi connectivity index (χ1) is 8.13. The standard InChI is InChI=1S/C12H8BrIO3/c1-16-17-12(15)8-2-4-9-7(6-8)3-5-10(14)11(9)13/h2-6H,1H3. The predicted molar refractivity (Wildman–Crippen MR) is 76.8 cm³/mol. The van der Waals surface area contributed by atoms with Gasteiger partial charge >= 0.3 is 5.97 Å². The van der Waals surface area contributed by atoms with E-state index in [1.54, 1.807) is 12.1 Å². The van der Waals surface area contributed by atoms with E-state index < -0.39 is 5.97 Å². The van der Waals surface area contributed by atoms with Gasteiger partial charge < -0.3 is 0 Å². The Hall–Kier alpha value is -0.660. The zero-order valence-electron chi connectivity index (χ0n) is 8.87. The quantitative estimate of drug-likeness (QED) is 0.430. The van der Waals surface area contributed by atoms with Crippen molar-refractivity contribution in [3.05, 3.63) is 43.9 Å². The van der Waals surface area contributed by atoms with Crippen LogP contribution in [0, 0.1) is 3.57 Å². The van der Waals surface area contributed by atoms with Crippen molar-refractivity contribution in [1.82, 2.24) is 0 Å². The second-order valence-corrected chi connectivity index (χ2v) is 5.29. The summed E-state index contributed by atoms with van der Waals surface area (Å²) in [6.07, 6.45) is 0. The van der Waals surface area contributed by atoms with E-state index in [1.165, 1.54) is 7.11 Å². The molecule has 0 spiro atoms. The molecule has 0 saturated heterocycles. The summed E-state index contributed by atoms with van der Waals surface area (Å²) < 4.78 is 2.16. The normalized spacial score (nSPS) is 10.5. The van der Waals surface area contributed by atoms with Crippen LogP contribution >= 0.6 is 38.5 Å². The second-order valence-electron chi connectivity index (χ2n) is 3.33. The van der Waals surface area contributed by atoms with Crippen LogP contribution in [0.5, 0.6) is 0 Å². The Labute approximate surface area is 120 Å². The van der Waals surface area contributed by atoms with Gasteiger partial charge in [-0.2, -0.15) is 4.89 Å². The summed E-state index contributed by atoms with van der Waals surface area (Å²) in [6, 6.07) is 9.32. The molecule has 2 aromatic rings. The summed E-state index contributed by atoms with van der Waals surface area (Å²) in [6.45, 7) is 0. The fourth-order valence-electron chi connectivity index (χ4n) is 1.52. The molecular weight excluding hydrogens is 399 g/mol. The van der Waals surface area contributed by atoms with Gasteiger partial charge in [-0.15, -0.1) is 0 Å². The van der Waals surface area contributed by atoms with Gasteiger partial charge in [0, 0.05) is 8.04 Å². The van der Waals surface area contributed by atoms with E-state index in [1.807, 2.05) is 18.2 Å². The van der Waals surface area contributed by atoms with E-state index in [0.717, 1.165) is 18.8 Å². The Bertz CT molecular complexity index is 583. The number of benzene rings is 2. The molecule has 0 aliphatic carbocycles. The highest BCUT2D eigenvalue weighted by Crippen LogP contribution is 2.29. The highest BCUT2D eigenvalue weighted by molar-refractivity contribution is 14.1. The molecule has 0 unspecified atom stereocenters. The number of hydrogen-bond acceptors (Lipinski definition) is 3. The van der Waals surface area contributed by atoms with Crippen molar-refractivity contribution in [3.8, 4) is 0 Å². The van der Waals surface area contributed by atoms with Gasteiger partial charge in [-0.05, 0) is 67.5 Å². The van der Waals surface area contributed by atoms with Crippen molar-refractivity contribution in [3.63, 3.8) is 0 Å². The molecule has 2 aromatic carbocycles. The molecule has 0 aliphatic heterocycles. The van der Waals surface area contributed by atoms with Crippen LogP contribution in [0.2, 0.25) is 0 Å². The van der Waals surface area contributed by atoms with Crippen molar-refractivity contribution < 1.29 is 14.6 Å². The number of halogens is 2. The van der Waals surface area contributed by atoms with Crippen LogP contribution in [-0.4, -0.2) is 13.1 Å². The van der Waals surface area contributed by atoms with Crippen LogP contribution in [0.15, 0.2) is 34.8 Å². The van der Waals surface area contributed by atoms with E-state index in [0.29, 0.717) is 5.56 Å². The van der Waals surface area contributed by atoms with Crippen LogP contribution in [-0.2, 0) is 9.78 Å². The minimum atomic E-state index is -0.496. The molecule has 0 aromatic heterocycles. The fraction of sp³-hybridized carbons (Fsp3) is 0.0833.